The second-order valence-electron chi connectivity index (χ2n) is 5.66. The molecule has 25 heavy (non-hydrogen) atoms. The Balaban J connectivity index is 2.13. The number of halogens is 1. The van der Waals surface area contributed by atoms with Gasteiger partial charge in [0.25, 0.3) is 0 Å². The summed E-state index contributed by atoms with van der Waals surface area (Å²) in [4.78, 5) is 13.0. The fourth-order valence-electron chi connectivity index (χ4n) is 3.44. The number of hydrogen-bond donors (Lipinski definition) is 3. The molecule has 126 valence electrons. The molecule has 9 heteroatoms. The number of methoxy groups -OCH3 is 1. The number of aromatic nitrogens is 2. The first-order valence-electron chi connectivity index (χ1n) is 7.30. The number of nitrogens with two attached hydrogens (primary N) is 1. The van der Waals surface area contributed by atoms with E-state index in [0.29, 0.717) is 16.9 Å². The Labute approximate surface area is 141 Å². The summed E-state index contributed by atoms with van der Waals surface area (Å²) >= 11 is 0. The Morgan fingerprint density at radius 1 is 1.52 bits per heavy atom. The predicted octanol–water partition coefficient (Wildman–Crippen LogP) is 1.02. The van der Waals surface area contributed by atoms with Crippen molar-refractivity contribution in [1.29, 1.82) is 5.26 Å². The lowest BCUT2D eigenvalue weighted by Crippen LogP contribution is -2.42. The zero-order valence-electron chi connectivity index (χ0n) is 13.0. The standard InChI is InChI=1S/C16H12FN5O3/c1-24-6-11-12-14(22-21-11)25-13(19)9(5-18)16(12)8-4-7(17)2-3-10(8)20-15(16)23/h2-4H,6,19H2,1H3,(H,20,23)(H,21,22)/t16-/m0/s1. The zero-order valence-corrected chi connectivity index (χ0v) is 13.0. The topological polar surface area (TPSA) is 126 Å². The second kappa shape index (κ2) is 5.06. The monoisotopic (exact) mass is 341 g/mol. The molecule has 8 nitrogen and oxygen atoms in total. The summed E-state index contributed by atoms with van der Waals surface area (Å²) in [5.74, 6) is -1.28. The van der Waals surface area contributed by atoms with Gasteiger partial charge in [-0.1, -0.05) is 0 Å². The van der Waals surface area contributed by atoms with Crippen LogP contribution in [-0.2, 0) is 21.6 Å². The van der Waals surface area contributed by atoms with Crippen molar-refractivity contribution >= 4 is 11.6 Å². The van der Waals surface area contributed by atoms with Crippen LogP contribution in [-0.4, -0.2) is 23.2 Å². The highest BCUT2D eigenvalue weighted by Crippen LogP contribution is 2.53. The molecule has 4 N–H and O–H groups in total. The number of fused-ring (bicyclic) bond motifs is 4. The minimum absolute atomic E-state index is 0.0517. The maximum absolute atomic E-state index is 14.0. The first kappa shape index (κ1) is 15.2. The molecule has 4 rings (SSSR count). The Hall–Kier alpha value is -3.38. The lowest BCUT2D eigenvalue weighted by Gasteiger charge is -2.31. The van der Waals surface area contributed by atoms with Gasteiger partial charge >= 0.3 is 0 Å². The number of anilines is 1. The molecular weight excluding hydrogens is 329 g/mol. The van der Waals surface area contributed by atoms with Gasteiger partial charge in [0.1, 0.15) is 22.9 Å². The largest absolute Gasteiger partial charge is 0.420 e. The van der Waals surface area contributed by atoms with Gasteiger partial charge in [-0.2, -0.15) is 5.26 Å². The lowest BCUT2D eigenvalue weighted by molar-refractivity contribution is -0.118. The fourth-order valence-corrected chi connectivity index (χ4v) is 3.44. The number of benzene rings is 1. The van der Waals surface area contributed by atoms with E-state index in [4.69, 9.17) is 15.2 Å². The van der Waals surface area contributed by atoms with Crippen molar-refractivity contribution in [1.82, 2.24) is 10.2 Å². The van der Waals surface area contributed by atoms with Crippen molar-refractivity contribution in [2.75, 3.05) is 12.4 Å². The van der Waals surface area contributed by atoms with Crippen LogP contribution in [0.5, 0.6) is 5.88 Å². The van der Waals surface area contributed by atoms with Gasteiger partial charge < -0.3 is 20.5 Å². The summed E-state index contributed by atoms with van der Waals surface area (Å²) in [6, 6.07) is 5.81. The molecule has 1 atom stereocenters. The Bertz CT molecular complexity index is 990. The minimum atomic E-state index is -1.65. The van der Waals surface area contributed by atoms with Crippen LogP contribution in [0.25, 0.3) is 0 Å². The second-order valence-corrected chi connectivity index (χ2v) is 5.66. The number of nitrogens with zero attached hydrogens (tertiary/aromatic N) is 2. The van der Waals surface area contributed by atoms with Crippen LogP contribution >= 0.6 is 0 Å². The summed E-state index contributed by atoms with van der Waals surface area (Å²) in [7, 11) is 1.47. The number of hydrogen-bond acceptors (Lipinski definition) is 6. The lowest BCUT2D eigenvalue weighted by atomic mass is 9.69. The van der Waals surface area contributed by atoms with E-state index >= 15 is 0 Å². The smallest absolute Gasteiger partial charge is 0.245 e. The van der Waals surface area contributed by atoms with Crippen LogP contribution in [0.3, 0.4) is 0 Å². The summed E-state index contributed by atoms with van der Waals surface area (Å²) in [5, 5.41) is 19.1. The van der Waals surface area contributed by atoms with Gasteiger partial charge in [-0.05, 0) is 18.2 Å². The van der Waals surface area contributed by atoms with E-state index in [9.17, 15) is 14.4 Å². The van der Waals surface area contributed by atoms with Crippen molar-refractivity contribution in [2.24, 2.45) is 5.73 Å². The minimum Gasteiger partial charge on any atom is -0.420 e. The summed E-state index contributed by atoms with van der Waals surface area (Å²) < 4.78 is 24.5. The molecule has 0 aliphatic carbocycles. The van der Waals surface area contributed by atoms with Gasteiger partial charge in [-0.15, -0.1) is 5.10 Å². The van der Waals surface area contributed by atoms with Crippen LogP contribution in [0.15, 0.2) is 29.7 Å². The Morgan fingerprint density at radius 3 is 3.04 bits per heavy atom. The molecule has 0 unspecified atom stereocenters. The fraction of sp³-hybridized carbons (Fsp3) is 0.188. The maximum Gasteiger partial charge on any atom is 0.245 e. The molecule has 1 aromatic heterocycles. The molecule has 1 aromatic carbocycles. The Morgan fingerprint density at radius 2 is 2.32 bits per heavy atom. The van der Waals surface area contributed by atoms with Crippen LogP contribution in [0.4, 0.5) is 10.1 Å². The first-order valence-corrected chi connectivity index (χ1v) is 7.30. The van der Waals surface area contributed by atoms with Gasteiger partial charge in [0.2, 0.25) is 17.7 Å². The molecule has 0 radical (unpaired) electrons. The SMILES string of the molecule is COCc1[nH]nc2c1[C@@]1(C(=O)Nc3ccc(F)cc31)C(C#N)=C(N)O2. The third kappa shape index (κ3) is 1.77. The normalized spacial score (nSPS) is 20.8. The highest BCUT2D eigenvalue weighted by Gasteiger charge is 2.58. The number of aromatic amines is 1. The van der Waals surface area contributed by atoms with E-state index in [1.165, 1.54) is 25.3 Å². The first-order chi connectivity index (χ1) is 12.0. The number of amides is 1. The molecule has 3 heterocycles. The number of H-pyrrole nitrogens is 1. The van der Waals surface area contributed by atoms with E-state index in [-0.39, 0.29) is 29.5 Å². The number of nitrogens with one attached hydrogen (secondary N) is 2. The number of carbonyl (C=O) groups excluding carboxylic acids is 1. The van der Waals surface area contributed by atoms with Crippen molar-refractivity contribution in [3.8, 4) is 11.9 Å². The van der Waals surface area contributed by atoms with E-state index in [1.807, 2.05) is 6.07 Å². The van der Waals surface area contributed by atoms with Crippen LogP contribution in [0, 0.1) is 17.1 Å². The van der Waals surface area contributed by atoms with Crippen molar-refractivity contribution < 1.29 is 18.7 Å². The molecule has 0 saturated carbocycles. The molecule has 2 aliphatic rings. The molecule has 0 saturated heterocycles. The van der Waals surface area contributed by atoms with Crippen LogP contribution in [0.1, 0.15) is 16.8 Å². The van der Waals surface area contributed by atoms with E-state index in [0.717, 1.165) is 0 Å². The zero-order chi connectivity index (χ0) is 17.8. The number of rotatable bonds is 2. The van der Waals surface area contributed by atoms with E-state index in [2.05, 4.69) is 15.5 Å². The summed E-state index contributed by atoms with van der Waals surface area (Å²) in [5.41, 5.74) is 5.50. The Kier molecular flexibility index (Phi) is 3.07. The van der Waals surface area contributed by atoms with Crippen LogP contribution < -0.4 is 15.8 Å². The molecular formula is C16H12FN5O3. The van der Waals surface area contributed by atoms with Crippen molar-refractivity contribution in [3.63, 3.8) is 0 Å². The average Bonchev–Trinajstić information content (AvgIpc) is 3.09. The van der Waals surface area contributed by atoms with Gasteiger partial charge in [-0.25, -0.2) is 4.39 Å². The molecule has 2 aromatic rings. The van der Waals surface area contributed by atoms with Crippen molar-refractivity contribution in [3.05, 3.63) is 52.3 Å². The van der Waals surface area contributed by atoms with Gasteiger partial charge in [-0.3, -0.25) is 9.89 Å². The molecule has 2 aliphatic heterocycles. The van der Waals surface area contributed by atoms with E-state index < -0.39 is 17.1 Å². The number of nitriles is 1. The van der Waals surface area contributed by atoms with Gasteiger partial charge in [0.15, 0.2) is 0 Å². The molecule has 1 amide bonds. The molecule has 0 fully saturated rings. The van der Waals surface area contributed by atoms with Gasteiger partial charge in [0, 0.05) is 18.4 Å². The number of ether oxygens (including phenoxy) is 2. The molecule has 0 bridgehead atoms. The average molecular weight is 341 g/mol. The highest BCUT2D eigenvalue weighted by atomic mass is 19.1. The summed E-state index contributed by atoms with van der Waals surface area (Å²) in [6.07, 6.45) is 0. The highest BCUT2D eigenvalue weighted by molar-refractivity contribution is 6.12. The van der Waals surface area contributed by atoms with E-state index in [1.54, 1.807) is 0 Å². The van der Waals surface area contributed by atoms with Crippen molar-refractivity contribution in [2.45, 2.75) is 12.0 Å². The summed E-state index contributed by atoms with van der Waals surface area (Å²) in [6.45, 7) is 0.0873. The molecule has 1 spiro atoms. The number of carbonyl (C=O) groups is 1. The van der Waals surface area contributed by atoms with Crippen LogP contribution in [0.2, 0.25) is 0 Å². The third-order valence-electron chi connectivity index (χ3n) is 4.39. The van der Waals surface area contributed by atoms with Gasteiger partial charge in [0.05, 0.1) is 17.9 Å². The maximum atomic E-state index is 14.0. The quantitative estimate of drug-likeness (QED) is 0.749. The predicted molar refractivity (Wildman–Crippen MR) is 82.6 cm³/mol. The third-order valence-corrected chi connectivity index (χ3v) is 4.39.